The monoisotopic (exact) mass is 287 g/mol. The van der Waals surface area contributed by atoms with E-state index in [9.17, 15) is 0 Å². The van der Waals surface area contributed by atoms with E-state index < -0.39 is 0 Å². The molecule has 0 aliphatic rings. The lowest BCUT2D eigenvalue weighted by atomic mass is 10.1. The predicted molar refractivity (Wildman–Crippen MR) is 81.4 cm³/mol. The minimum absolute atomic E-state index is 0.411. The van der Waals surface area contributed by atoms with Gasteiger partial charge in [0.1, 0.15) is 10.8 Å². The van der Waals surface area contributed by atoms with E-state index in [2.05, 4.69) is 11.8 Å². The molecule has 0 radical (unpaired) electrons. The predicted octanol–water partition coefficient (Wildman–Crippen LogP) is 3.34. The molecule has 0 heterocycles. The number of rotatable bonds is 2. The summed E-state index contributed by atoms with van der Waals surface area (Å²) in [7, 11) is 3.10. The van der Waals surface area contributed by atoms with Crippen LogP contribution in [0.5, 0.6) is 11.5 Å². The van der Waals surface area contributed by atoms with Crippen molar-refractivity contribution in [3.63, 3.8) is 0 Å². The van der Waals surface area contributed by atoms with Crippen LogP contribution in [0.25, 0.3) is 0 Å². The maximum atomic E-state index is 6.18. The Morgan fingerprint density at radius 1 is 1.05 bits per heavy atom. The van der Waals surface area contributed by atoms with Crippen LogP contribution in [-0.4, -0.2) is 14.2 Å². The van der Waals surface area contributed by atoms with Crippen molar-refractivity contribution >= 4 is 17.3 Å². The van der Waals surface area contributed by atoms with E-state index in [1.807, 2.05) is 30.3 Å². The second-order valence-corrected chi connectivity index (χ2v) is 4.42. The van der Waals surface area contributed by atoms with Crippen LogP contribution in [0, 0.1) is 11.8 Å². The van der Waals surface area contributed by atoms with Gasteiger partial charge in [-0.1, -0.05) is 29.5 Å². The van der Waals surface area contributed by atoms with Crippen LogP contribution in [0.1, 0.15) is 11.1 Å². The van der Waals surface area contributed by atoms with Crippen molar-refractivity contribution in [1.29, 1.82) is 0 Å². The van der Waals surface area contributed by atoms with Crippen molar-refractivity contribution in [3.8, 4) is 23.3 Å². The molecule has 0 spiro atoms. The Labute approximate surface area is 123 Å². The van der Waals surface area contributed by atoms with Gasteiger partial charge in [0.05, 0.1) is 19.8 Å². The second kappa shape index (κ2) is 6.23. The van der Waals surface area contributed by atoms with Crippen molar-refractivity contribution in [1.82, 2.24) is 0 Å². The first-order valence-electron chi connectivity index (χ1n) is 5.93. The number of ether oxygens (including phenoxy) is 2. The maximum Gasteiger partial charge on any atom is 0.156 e. The molecular weight excluding hydrogens is 274 g/mol. The molecule has 0 saturated carbocycles. The number of nitrogens with two attached hydrogens (primary N) is 1. The van der Waals surface area contributed by atoms with Crippen molar-refractivity contribution in [2.75, 3.05) is 20.0 Å². The largest absolute Gasteiger partial charge is 0.495 e. The Bertz CT molecular complexity index is 687. The first-order valence-corrected chi connectivity index (χ1v) is 6.31. The topological polar surface area (TPSA) is 44.5 Å². The smallest absolute Gasteiger partial charge is 0.156 e. The molecule has 0 fully saturated rings. The van der Waals surface area contributed by atoms with Crippen LogP contribution < -0.4 is 15.2 Å². The van der Waals surface area contributed by atoms with Gasteiger partial charge in [-0.05, 0) is 30.3 Å². The average molecular weight is 288 g/mol. The molecule has 0 aliphatic heterocycles. The molecule has 2 N–H and O–H groups in total. The van der Waals surface area contributed by atoms with Crippen molar-refractivity contribution in [3.05, 3.63) is 52.5 Å². The minimum atomic E-state index is 0.411. The number of hydrogen-bond acceptors (Lipinski definition) is 3. The Morgan fingerprint density at radius 3 is 2.50 bits per heavy atom. The molecule has 0 aliphatic carbocycles. The Morgan fingerprint density at radius 2 is 1.85 bits per heavy atom. The highest BCUT2D eigenvalue weighted by atomic mass is 35.5. The lowest BCUT2D eigenvalue weighted by Crippen LogP contribution is -1.92. The lowest BCUT2D eigenvalue weighted by molar-refractivity contribution is 0.394. The Balaban J connectivity index is 2.42. The van der Waals surface area contributed by atoms with Gasteiger partial charge in [0.15, 0.2) is 5.75 Å². The van der Waals surface area contributed by atoms with Gasteiger partial charge in [-0.3, -0.25) is 0 Å². The molecule has 4 heteroatoms. The van der Waals surface area contributed by atoms with Gasteiger partial charge in [0.2, 0.25) is 0 Å². The van der Waals surface area contributed by atoms with E-state index in [1.165, 1.54) is 0 Å². The molecule has 20 heavy (non-hydrogen) atoms. The van der Waals surface area contributed by atoms with Crippen molar-refractivity contribution in [2.45, 2.75) is 0 Å². The van der Waals surface area contributed by atoms with E-state index in [4.69, 9.17) is 26.8 Å². The van der Waals surface area contributed by atoms with Gasteiger partial charge in [0, 0.05) is 11.3 Å². The summed E-state index contributed by atoms with van der Waals surface area (Å²) in [6, 6.07) is 10.9. The Kier molecular flexibility index (Phi) is 4.39. The molecule has 0 bridgehead atoms. The molecule has 0 aromatic heterocycles. The van der Waals surface area contributed by atoms with Crippen molar-refractivity contribution < 1.29 is 9.47 Å². The molecule has 0 amide bonds. The molecule has 0 saturated heterocycles. The van der Waals surface area contributed by atoms with Gasteiger partial charge >= 0.3 is 0 Å². The standard InChI is InChI=1S/C16H14ClNO2/c1-19-14-9-8-12(16(20-2)15(14)17)7-6-11-4-3-5-13(18)10-11/h3-5,8-10H,18H2,1-2H3. The maximum absolute atomic E-state index is 6.18. The number of halogens is 1. The van der Waals surface area contributed by atoms with Crippen LogP contribution in [0.3, 0.4) is 0 Å². The third-order valence-corrected chi connectivity index (χ3v) is 3.07. The lowest BCUT2D eigenvalue weighted by Gasteiger charge is -2.09. The molecule has 2 rings (SSSR count). The Hall–Kier alpha value is -2.31. The highest BCUT2D eigenvalue weighted by Gasteiger charge is 2.11. The van der Waals surface area contributed by atoms with E-state index in [-0.39, 0.29) is 0 Å². The summed E-state index contributed by atoms with van der Waals surface area (Å²) in [5.74, 6) is 7.12. The number of anilines is 1. The van der Waals surface area contributed by atoms with Crippen LogP contribution in [0.2, 0.25) is 5.02 Å². The number of benzene rings is 2. The average Bonchev–Trinajstić information content (AvgIpc) is 2.45. The zero-order valence-electron chi connectivity index (χ0n) is 11.2. The minimum Gasteiger partial charge on any atom is -0.495 e. The van der Waals surface area contributed by atoms with Gasteiger partial charge in [-0.25, -0.2) is 0 Å². The highest BCUT2D eigenvalue weighted by molar-refractivity contribution is 6.33. The van der Waals surface area contributed by atoms with Crippen LogP contribution in [0.15, 0.2) is 36.4 Å². The van der Waals surface area contributed by atoms with Gasteiger partial charge in [-0.2, -0.15) is 0 Å². The third-order valence-electron chi connectivity index (χ3n) is 2.71. The summed E-state index contributed by atoms with van der Waals surface area (Å²) < 4.78 is 10.4. The zero-order valence-corrected chi connectivity index (χ0v) is 12.0. The zero-order chi connectivity index (χ0) is 14.5. The van der Waals surface area contributed by atoms with E-state index in [0.29, 0.717) is 27.8 Å². The summed E-state index contributed by atoms with van der Waals surface area (Å²) >= 11 is 6.18. The SMILES string of the molecule is COc1ccc(C#Cc2cccc(N)c2)c(OC)c1Cl. The van der Waals surface area contributed by atoms with Crippen LogP contribution >= 0.6 is 11.6 Å². The summed E-state index contributed by atoms with van der Waals surface area (Å²) in [4.78, 5) is 0. The highest BCUT2D eigenvalue weighted by Crippen LogP contribution is 2.36. The molecule has 2 aromatic carbocycles. The quantitative estimate of drug-likeness (QED) is 0.680. The van der Waals surface area contributed by atoms with Gasteiger partial charge in [-0.15, -0.1) is 0 Å². The summed E-state index contributed by atoms with van der Waals surface area (Å²) in [5, 5.41) is 0.411. The summed E-state index contributed by atoms with van der Waals surface area (Å²) in [5.41, 5.74) is 7.92. The van der Waals surface area contributed by atoms with E-state index >= 15 is 0 Å². The fraction of sp³-hybridized carbons (Fsp3) is 0.125. The number of hydrogen-bond donors (Lipinski definition) is 1. The molecule has 2 aromatic rings. The molecule has 0 atom stereocenters. The second-order valence-electron chi connectivity index (χ2n) is 4.04. The molecule has 102 valence electrons. The summed E-state index contributed by atoms with van der Waals surface area (Å²) in [6.45, 7) is 0. The number of methoxy groups -OCH3 is 2. The summed E-state index contributed by atoms with van der Waals surface area (Å²) in [6.07, 6.45) is 0. The van der Waals surface area contributed by atoms with Gasteiger partial charge in [0.25, 0.3) is 0 Å². The third kappa shape index (κ3) is 2.98. The molecule has 0 unspecified atom stereocenters. The number of nitrogen functional groups attached to an aromatic ring is 1. The fourth-order valence-corrected chi connectivity index (χ4v) is 2.07. The fourth-order valence-electron chi connectivity index (χ4n) is 1.75. The molecular formula is C16H14ClNO2. The van der Waals surface area contributed by atoms with Gasteiger partial charge < -0.3 is 15.2 Å². The first-order chi connectivity index (χ1) is 9.65. The van der Waals surface area contributed by atoms with Crippen LogP contribution in [-0.2, 0) is 0 Å². The molecule has 3 nitrogen and oxygen atoms in total. The van der Waals surface area contributed by atoms with Crippen LogP contribution in [0.4, 0.5) is 5.69 Å². The first kappa shape index (κ1) is 14.1. The van der Waals surface area contributed by atoms with Crippen molar-refractivity contribution in [2.24, 2.45) is 0 Å². The van der Waals surface area contributed by atoms with E-state index in [1.54, 1.807) is 20.3 Å². The normalized spacial score (nSPS) is 9.55. The van der Waals surface area contributed by atoms with E-state index in [0.717, 1.165) is 5.56 Å².